The Balaban J connectivity index is 3.02. The second-order valence-corrected chi connectivity index (χ2v) is 5.27. The SMILES string of the molecule is CCCNc1ncc(F)cc1C(=O)NC(CC)(CC)CC. The number of hydrogen-bond acceptors (Lipinski definition) is 3. The van der Waals surface area contributed by atoms with E-state index in [1.165, 1.54) is 6.07 Å². The van der Waals surface area contributed by atoms with Crippen LogP contribution in [0.2, 0.25) is 0 Å². The number of carbonyl (C=O) groups is 1. The Bertz CT molecular complexity index is 464. The molecule has 1 aromatic heterocycles. The largest absolute Gasteiger partial charge is 0.369 e. The minimum absolute atomic E-state index is 0.245. The van der Waals surface area contributed by atoms with E-state index in [0.717, 1.165) is 31.9 Å². The topological polar surface area (TPSA) is 54.0 Å². The summed E-state index contributed by atoms with van der Waals surface area (Å²) in [5.41, 5.74) is 0.0222. The average molecular weight is 295 g/mol. The van der Waals surface area contributed by atoms with Gasteiger partial charge in [0, 0.05) is 12.1 Å². The number of nitrogens with one attached hydrogen (secondary N) is 2. The molecule has 0 bridgehead atoms. The fourth-order valence-corrected chi connectivity index (χ4v) is 2.32. The molecule has 0 radical (unpaired) electrons. The van der Waals surface area contributed by atoms with Gasteiger partial charge in [-0.15, -0.1) is 0 Å². The van der Waals surface area contributed by atoms with Crippen molar-refractivity contribution in [1.29, 1.82) is 0 Å². The van der Waals surface area contributed by atoms with Gasteiger partial charge in [0.2, 0.25) is 0 Å². The summed E-state index contributed by atoms with van der Waals surface area (Å²) in [5.74, 6) is -0.337. The highest BCUT2D eigenvalue weighted by molar-refractivity contribution is 5.99. The predicted octanol–water partition coefficient (Wildman–Crippen LogP) is 3.74. The number of amides is 1. The fourth-order valence-electron chi connectivity index (χ4n) is 2.32. The van der Waals surface area contributed by atoms with Gasteiger partial charge in [0.15, 0.2) is 0 Å². The lowest BCUT2D eigenvalue weighted by Gasteiger charge is -2.32. The Morgan fingerprint density at radius 3 is 2.38 bits per heavy atom. The molecule has 0 aromatic carbocycles. The number of carbonyl (C=O) groups excluding carboxylic acids is 1. The smallest absolute Gasteiger partial charge is 0.255 e. The number of aromatic nitrogens is 1. The van der Waals surface area contributed by atoms with E-state index < -0.39 is 5.82 Å². The number of nitrogens with zero attached hydrogens (tertiary/aromatic N) is 1. The normalized spacial score (nSPS) is 11.3. The van der Waals surface area contributed by atoms with Crippen LogP contribution in [0, 0.1) is 5.82 Å². The lowest BCUT2D eigenvalue weighted by Crippen LogP contribution is -2.47. The van der Waals surface area contributed by atoms with Crippen molar-refractivity contribution in [3.63, 3.8) is 0 Å². The zero-order valence-corrected chi connectivity index (χ0v) is 13.4. The standard InChI is InChI=1S/C16H26FN3O/c1-5-9-18-14-13(10-12(17)11-19-14)15(21)20-16(6-2,7-3)8-4/h10-11H,5-9H2,1-4H3,(H,18,19)(H,20,21). The highest BCUT2D eigenvalue weighted by atomic mass is 19.1. The summed E-state index contributed by atoms with van der Waals surface area (Å²) in [4.78, 5) is 16.5. The lowest BCUT2D eigenvalue weighted by molar-refractivity contribution is 0.0888. The summed E-state index contributed by atoms with van der Waals surface area (Å²) in [6.45, 7) is 8.86. The van der Waals surface area contributed by atoms with Crippen LogP contribution in [0.5, 0.6) is 0 Å². The molecule has 0 aliphatic heterocycles. The van der Waals surface area contributed by atoms with Crippen LogP contribution in [0.3, 0.4) is 0 Å². The molecular weight excluding hydrogens is 269 g/mol. The number of hydrogen-bond donors (Lipinski definition) is 2. The number of halogens is 1. The molecule has 118 valence electrons. The fraction of sp³-hybridized carbons (Fsp3) is 0.625. The number of anilines is 1. The van der Waals surface area contributed by atoms with Crippen molar-refractivity contribution in [3.8, 4) is 0 Å². The summed E-state index contributed by atoms with van der Waals surface area (Å²) in [7, 11) is 0. The Morgan fingerprint density at radius 2 is 1.86 bits per heavy atom. The molecule has 0 aliphatic carbocycles. The summed E-state index contributed by atoms with van der Waals surface area (Å²) in [6.07, 6.45) is 4.55. The maximum atomic E-state index is 13.4. The van der Waals surface area contributed by atoms with Gasteiger partial charge in [-0.2, -0.15) is 0 Å². The van der Waals surface area contributed by atoms with Crippen molar-refractivity contribution < 1.29 is 9.18 Å². The molecule has 0 fully saturated rings. The van der Waals surface area contributed by atoms with Gasteiger partial charge in [0.25, 0.3) is 5.91 Å². The van der Waals surface area contributed by atoms with E-state index >= 15 is 0 Å². The molecule has 1 heterocycles. The van der Waals surface area contributed by atoms with Crippen molar-refractivity contribution in [2.24, 2.45) is 0 Å². The summed E-state index contributed by atoms with van der Waals surface area (Å²) in [6, 6.07) is 1.24. The average Bonchev–Trinajstić information content (AvgIpc) is 2.51. The summed E-state index contributed by atoms with van der Waals surface area (Å²) < 4.78 is 13.4. The Morgan fingerprint density at radius 1 is 1.24 bits per heavy atom. The zero-order chi connectivity index (χ0) is 15.9. The van der Waals surface area contributed by atoms with Gasteiger partial charge >= 0.3 is 0 Å². The molecule has 4 nitrogen and oxygen atoms in total. The minimum atomic E-state index is -0.503. The molecule has 2 N–H and O–H groups in total. The molecule has 0 aliphatic rings. The van der Waals surface area contributed by atoms with Crippen molar-refractivity contribution in [2.45, 2.75) is 58.9 Å². The highest BCUT2D eigenvalue weighted by Crippen LogP contribution is 2.22. The van der Waals surface area contributed by atoms with E-state index in [-0.39, 0.29) is 17.0 Å². The first-order valence-electron chi connectivity index (χ1n) is 7.73. The molecule has 0 atom stereocenters. The molecule has 1 rings (SSSR count). The Kier molecular flexibility index (Phi) is 6.59. The first-order chi connectivity index (χ1) is 10.0. The molecule has 0 saturated carbocycles. The predicted molar refractivity (Wildman–Crippen MR) is 84.0 cm³/mol. The van der Waals surface area contributed by atoms with Crippen molar-refractivity contribution >= 4 is 11.7 Å². The number of pyridine rings is 1. The van der Waals surface area contributed by atoms with Gasteiger partial charge < -0.3 is 10.6 Å². The van der Waals surface area contributed by atoms with E-state index in [1.807, 2.05) is 27.7 Å². The van der Waals surface area contributed by atoms with Gasteiger partial charge in [-0.3, -0.25) is 4.79 Å². The third kappa shape index (κ3) is 4.41. The maximum absolute atomic E-state index is 13.4. The monoisotopic (exact) mass is 295 g/mol. The third-order valence-electron chi connectivity index (χ3n) is 4.05. The zero-order valence-electron chi connectivity index (χ0n) is 13.4. The molecular formula is C16H26FN3O. The lowest BCUT2D eigenvalue weighted by atomic mass is 9.89. The van der Waals surface area contributed by atoms with Crippen LogP contribution in [-0.2, 0) is 0 Å². The van der Waals surface area contributed by atoms with Crippen LogP contribution in [0.4, 0.5) is 10.2 Å². The van der Waals surface area contributed by atoms with E-state index in [9.17, 15) is 9.18 Å². The van der Waals surface area contributed by atoms with Crippen LogP contribution in [0.25, 0.3) is 0 Å². The van der Waals surface area contributed by atoms with Gasteiger partial charge in [0.05, 0.1) is 11.8 Å². The van der Waals surface area contributed by atoms with Crippen LogP contribution in [-0.4, -0.2) is 23.0 Å². The molecule has 1 aromatic rings. The molecule has 5 heteroatoms. The third-order valence-corrected chi connectivity index (χ3v) is 4.05. The van der Waals surface area contributed by atoms with E-state index in [1.54, 1.807) is 0 Å². The van der Waals surface area contributed by atoms with E-state index in [4.69, 9.17) is 0 Å². The van der Waals surface area contributed by atoms with Crippen LogP contribution in [0.15, 0.2) is 12.3 Å². The second-order valence-electron chi connectivity index (χ2n) is 5.27. The second kappa shape index (κ2) is 7.96. The Labute approximate surface area is 126 Å². The van der Waals surface area contributed by atoms with Gasteiger partial charge in [-0.05, 0) is 31.7 Å². The molecule has 21 heavy (non-hydrogen) atoms. The van der Waals surface area contributed by atoms with Gasteiger partial charge in [0.1, 0.15) is 11.6 Å². The maximum Gasteiger partial charge on any atom is 0.255 e. The first kappa shape index (κ1) is 17.4. The quantitative estimate of drug-likeness (QED) is 0.768. The molecule has 0 unspecified atom stereocenters. The highest BCUT2D eigenvalue weighted by Gasteiger charge is 2.27. The van der Waals surface area contributed by atoms with E-state index in [0.29, 0.717) is 12.4 Å². The van der Waals surface area contributed by atoms with Crippen LogP contribution in [0.1, 0.15) is 63.7 Å². The van der Waals surface area contributed by atoms with Crippen molar-refractivity contribution in [3.05, 3.63) is 23.6 Å². The van der Waals surface area contributed by atoms with Crippen LogP contribution < -0.4 is 10.6 Å². The first-order valence-corrected chi connectivity index (χ1v) is 7.73. The minimum Gasteiger partial charge on any atom is -0.369 e. The molecule has 0 spiro atoms. The number of rotatable bonds is 8. The molecule has 0 saturated heterocycles. The summed E-state index contributed by atoms with van der Waals surface area (Å²) >= 11 is 0. The molecule has 1 amide bonds. The van der Waals surface area contributed by atoms with E-state index in [2.05, 4.69) is 15.6 Å². The van der Waals surface area contributed by atoms with Gasteiger partial charge in [-0.1, -0.05) is 27.7 Å². The van der Waals surface area contributed by atoms with Crippen molar-refractivity contribution in [2.75, 3.05) is 11.9 Å². The summed E-state index contributed by atoms with van der Waals surface area (Å²) in [5, 5.41) is 6.13. The Hall–Kier alpha value is -1.65. The van der Waals surface area contributed by atoms with Gasteiger partial charge in [-0.25, -0.2) is 9.37 Å². The van der Waals surface area contributed by atoms with Crippen molar-refractivity contribution in [1.82, 2.24) is 10.3 Å². The van der Waals surface area contributed by atoms with Crippen LogP contribution >= 0.6 is 0 Å².